The molecule has 0 fully saturated rings. The van der Waals surface area contributed by atoms with Crippen molar-refractivity contribution in [2.24, 2.45) is 5.10 Å². The van der Waals surface area contributed by atoms with Gasteiger partial charge in [-0.05, 0) is 48.9 Å². The van der Waals surface area contributed by atoms with Gasteiger partial charge in [0.25, 0.3) is 5.91 Å². The number of hydrogen-bond donors (Lipinski definition) is 0. The van der Waals surface area contributed by atoms with Gasteiger partial charge in [0.15, 0.2) is 5.78 Å². The van der Waals surface area contributed by atoms with Crippen molar-refractivity contribution in [1.29, 1.82) is 0 Å². The Balaban J connectivity index is 1.78. The summed E-state index contributed by atoms with van der Waals surface area (Å²) in [5, 5.41) is 7.67. The van der Waals surface area contributed by atoms with Crippen LogP contribution in [0.3, 0.4) is 0 Å². The van der Waals surface area contributed by atoms with Gasteiger partial charge in [-0.1, -0.05) is 42.1 Å². The maximum Gasteiger partial charge on any atom is 0.259 e. The minimum atomic E-state index is -0.243. The highest BCUT2D eigenvalue weighted by Gasteiger charge is 2.30. The second kappa shape index (κ2) is 8.88. The average molecular weight is 445 g/mol. The van der Waals surface area contributed by atoms with Crippen molar-refractivity contribution in [3.63, 3.8) is 0 Å². The molecule has 0 spiro atoms. The van der Waals surface area contributed by atoms with Gasteiger partial charge < -0.3 is 4.90 Å². The van der Waals surface area contributed by atoms with E-state index in [0.717, 1.165) is 32.4 Å². The lowest BCUT2D eigenvalue weighted by Gasteiger charge is -2.37. The molecule has 0 aliphatic carbocycles. The van der Waals surface area contributed by atoms with Crippen molar-refractivity contribution in [1.82, 2.24) is 5.12 Å². The number of hydrazone groups is 1. The van der Waals surface area contributed by atoms with Crippen LogP contribution >= 0.6 is 11.8 Å². The highest BCUT2D eigenvalue weighted by atomic mass is 32.2. The van der Waals surface area contributed by atoms with E-state index >= 15 is 0 Å². The number of rotatable bonds is 5. The lowest BCUT2D eigenvalue weighted by Crippen LogP contribution is -2.40. The fraction of sp³-hybridized carbons (Fsp3) is 0.160. The van der Waals surface area contributed by atoms with Gasteiger partial charge in [0.2, 0.25) is 0 Å². The summed E-state index contributed by atoms with van der Waals surface area (Å²) in [5.74, 6) is -0.275. The topological polar surface area (TPSA) is 56.2 Å². The molecule has 162 valence electrons. The minimum Gasteiger partial charge on any atom is -0.378 e. The molecule has 0 atom stereocenters. The van der Waals surface area contributed by atoms with Crippen LogP contribution in [0, 0.1) is 0 Å². The molecule has 1 aliphatic rings. The van der Waals surface area contributed by atoms with Crippen LogP contribution in [0.4, 0.5) is 17.1 Å². The summed E-state index contributed by atoms with van der Waals surface area (Å²) in [6, 6.07) is 21.3. The van der Waals surface area contributed by atoms with Crippen molar-refractivity contribution in [3.05, 3.63) is 77.9 Å². The summed E-state index contributed by atoms with van der Waals surface area (Å²) < 4.78 is 0. The zero-order valence-electron chi connectivity index (χ0n) is 18.4. The first-order chi connectivity index (χ1) is 15.3. The number of amides is 1. The van der Waals surface area contributed by atoms with Gasteiger partial charge in [0.1, 0.15) is 0 Å². The third-order valence-electron chi connectivity index (χ3n) is 5.10. The smallest absolute Gasteiger partial charge is 0.259 e. The monoisotopic (exact) mass is 444 g/mol. The zero-order valence-corrected chi connectivity index (χ0v) is 19.3. The van der Waals surface area contributed by atoms with E-state index in [2.05, 4.69) is 5.10 Å². The molecule has 32 heavy (non-hydrogen) atoms. The second-order valence-corrected chi connectivity index (χ2v) is 8.74. The highest BCUT2D eigenvalue weighted by molar-refractivity contribution is 7.99. The first kappa shape index (κ1) is 21.6. The zero-order chi connectivity index (χ0) is 22.8. The molecule has 1 heterocycles. The molecule has 6 nitrogen and oxygen atoms in total. The number of ketones is 1. The van der Waals surface area contributed by atoms with Gasteiger partial charge in [-0.3, -0.25) is 9.59 Å². The molecule has 0 unspecified atom stereocenters. The predicted octanol–water partition coefficient (Wildman–Crippen LogP) is 5.36. The number of benzene rings is 3. The van der Waals surface area contributed by atoms with Gasteiger partial charge in [-0.2, -0.15) is 5.10 Å². The Morgan fingerprint density at radius 1 is 0.906 bits per heavy atom. The summed E-state index contributed by atoms with van der Waals surface area (Å²) in [7, 11) is 3.97. The molecule has 0 radical (unpaired) electrons. The SMILES string of the molecule is CC(=O)c1ccc2c(c1)N(N(/N=C/c1ccc(N(C)C)cc1)C(C)=O)c1ccccc1S2. The summed E-state index contributed by atoms with van der Waals surface area (Å²) >= 11 is 1.61. The van der Waals surface area contributed by atoms with Gasteiger partial charge >= 0.3 is 0 Å². The number of hydrazine groups is 1. The Morgan fingerprint density at radius 3 is 2.25 bits per heavy atom. The molecule has 1 aliphatic heterocycles. The van der Waals surface area contributed by atoms with Crippen LogP contribution in [0.25, 0.3) is 0 Å². The van der Waals surface area contributed by atoms with Crippen LogP contribution in [0.2, 0.25) is 0 Å². The standard InChI is InChI=1S/C25H24N4O2S/c1-17(30)20-11-14-25-23(15-20)28(22-7-5-6-8-24(22)32-25)29(18(2)31)26-16-19-9-12-21(13-10-19)27(3)4/h5-16H,1-4H3/b26-16+. The summed E-state index contributed by atoms with van der Waals surface area (Å²) in [6.45, 7) is 3.01. The Bertz CT molecular complexity index is 1200. The molecule has 0 saturated heterocycles. The van der Waals surface area contributed by atoms with E-state index in [1.54, 1.807) is 23.0 Å². The molecule has 0 N–H and O–H groups in total. The van der Waals surface area contributed by atoms with Crippen molar-refractivity contribution in [2.45, 2.75) is 23.6 Å². The number of fused-ring (bicyclic) bond motifs is 2. The fourth-order valence-corrected chi connectivity index (χ4v) is 4.44. The van der Waals surface area contributed by atoms with Gasteiger partial charge in [-0.15, -0.1) is 5.12 Å². The van der Waals surface area contributed by atoms with Crippen LogP contribution < -0.4 is 9.91 Å². The molecule has 3 aromatic rings. The normalized spacial score (nSPS) is 12.3. The number of carbonyl (C=O) groups is 2. The molecule has 0 saturated carbocycles. The third kappa shape index (κ3) is 4.24. The van der Waals surface area contributed by atoms with Crippen molar-refractivity contribution in [3.8, 4) is 0 Å². The number of anilines is 3. The van der Waals surface area contributed by atoms with E-state index in [0.29, 0.717) is 5.56 Å². The minimum absolute atomic E-state index is 0.0320. The average Bonchev–Trinajstić information content (AvgIpc) is 2.78. The van der Waals surface area contributed by atoms with Crippen LogP contribution in [-0.2, 0) is 4.79 Å². The molecule has 1 amide bonds. The van der Waals surface area contributed by atoms with Crippen molar-refractivity contribution in [2.75, 3.05) is 24.0 Å². The molecule has 0 aromatic heterocycles. The number of para-hydroxylation sites is 1. The van der Waals surface area contributed by atoms with E-state index in [1.807, 2.05) is 85.7 Å². The van der Waals surface area contributed by atoms with Gasteiger partial charge in [0.05, 0.1) is 17.6 Å². The number of hydrogen-bond acceptors (Lipinski definition) is 6. The Labute approximate surface area is 192 Å². The fourth-order valence-electron chi connectivity index (χ4n) is 3.41. The lowest BCUT2D eigenvalue weighted by atomic mass is 10.1. The quantitative estimate of drug-likeness (QED) is 0.301. The Morgan fingerprint density at radius 2 is 1.59 bits per heavy atom. The van der Waals surface area contributed by atoms with Crippen LogP contribution in [0.1, 0.15) is 29.8 Å². The second-order valence-electron chi connectivity index (χ2n) is 7.66. The summed E-state index contributed by atoms with van der Waals surface area (Å²) in [4.78, 5) is 28.7. The first-order valence-corrected chi connectivity index (χ1v) is 11.0. The van der Waals surface area contributed by atoms with E-state index < -0.39 is 0 Å². The van der Waals surface area contributed by atoms with Crippen LogP contribution in [0.15, 0.2) is 81.6 Å². The predicted molar refractivity (Wildman–Crippen MR) is 130 cm³/mol. The Hall–Kier alpha value is -3.58. The van der Waals surface area contributed by atoms with E-state index in [9.17, 15) is 9.59 Å². The van der Waals surface area contributed by atoms with E-state index in [1.165, 1.54) is 19.0 Å². The number of carbonyl (C=O) groups excluding carboxylic acids is 2. The lowest BCUT2D eigenvalue weighted by molar-refractivity contribution is -0.129. The summed E-state index contributed by atoms with van der Waals surface area (Å²) in [5.41, 5.74) is 4.12. The molecular weight excluding hydrogens is 420 g/mol. The molecule has 4 rings (SSSR count). The number of nitrogens with zero attached hydrogens (tertiary/aromatic N) is 4. The van der Waals surface area contributed by atoms with E-state index in [4.69, 9.17) is 0 Å². The van der Waals surface area contributed by atoms with Crippen LogP contribution in [0.5, 0.6) is 0 Å². The maximum atomic E-state index is 12.7. The highest BCUT2D eigenvalue weighted by Crippen LogP contribution is 2.49. The van der Waals surface area contributed by atoms with Crippen LogP contribution in [-0.4, -0.2) is 37.1 Å². The molecule has 0 bridgehead atoms. The van der Waals surface area contributed by atoms with Gasteiger partial charge in [0, 0.05) is 42.1 Å². The first-order valence-electron chi connectivity index (χ1n) is 10.2. The molecular formula is C25H24N4O2S. The Kier molecular flexibility index (Phi) is 6.01. The molecule has 3 aromatic carbocycles. The largest absolute Gasteiger partial charge is 0.378 e. The third-order valence-corrected chi connectivity index (χ3v) is 6.23. The van der Waals surface area contributed by atoms with Crippen molar-refractivity contribution >= 4 is 46.7 Å². The summed E-state index contributed by atoms with van der Waals surface area (Å²) in [6.07, 6.45) is 1.67. The van der Waals surface area contributed by atoms with E-state index in [-0.39, 0.29) is 11.7 Å². The van der Waals surface area contributed by atoms with Gasteiger partial charge in [-0.25, -0.2) is 5.01 Å². The molecule has 7 heteroatoms. The number of Topliss-reactive ketones (excluding diaryl/α,β-unsaturated/α-hetero) is 1. The maximum absolute atomic E-state index is 12.7. The van der Waals surface area contributed by atoms with Crippen molar-refractivity contribution < 1.29 is 9.59 Å².